The zero-order valence-corrected chi connectivity index (χ0v) is 13.8. The second kappa shape index (κ2) is 6.75. The van der Waals surface area contributed by atoms with Crippen molar-refractivity contribution in [3.8, 4) is 5.88 Å². The number of nitrogens with zero attached hydrogens (tertiary/aromatic N) is 2. The summed E-state index contributed by atoms with van der Waals surface area (Å²) in [4.78, 5) is 8.51. The number of rotatable bonds is 4. The number of hydrogen-bond acceptors (Lipinski definition) is 4. The van der Waals surface area contributed by atoms with Gasteiger partial charge in [-0.05, 0) is 40.5 Å². The van der Waals surface area contributed by atoms with Crippen molar-refractivity contribution in [1.82, 2.24) is 10.3 Å². The molecule has 22 heavy (non-hydrogen) atoms. The smallest absolute Gasteiger partial charge is 0.213 e. The van der Waals surface area contributed by atoms with Crippen LogP contribution < -0.4 is 10.1 Å². The number of fused-ring (bicyclic) bond motifs is 1. The van der Waals surface area contributed by atoms with Gasteiger partial charge in [-0.3, -0.25) is 4.99 Å². The number of halogens is 1. The maximum atomic E-state index is 5.13. The van der Waals surface area contributed by atoms with Crippen molar-refractivity contribution in [2.75, 3.05) is 13.7 Å². The van der Waals surface area contributed by atoms with Crippen molar-refractivity contribution in [2.45, 2.75) is 6.54 Å². The van der Waals surface area contributed by atoms with E-state index in [1.807, 2.05) is 30.6 Å². The van der Waals surface area contributed by atoms with Crippen LogP contribution in [-0.2, 0) is 6.54 Å². The Bertz CT molecular complexity index is 740. The molecule has 0 spiro atoms. The summed E-state index contributed by atoms with van der Waals surface area (Å²) in [6.07, 6.45) is 5.71. The van der Waals surface area contributed by atoms with Crippen LogP contribution in [0, 0.1) is 0 Å². The van der Waals surface area contributed by atoms with Gasteiger partial charge >= 0.3 is 0 Å². The van der Waals surface area contributed by atoms with Crippen LogP contribution in [-0.4, -0.2) is 24.9 Å². The maximum Gasteiger partial charge on any atom is 0.213 e. The van der Waals surface area contributed by atoms with Gasteiger partial charge < -0.3 is 10.1 Å². The zero-order chi connectivity index (χ0) is 15.4. The minimum Gasteiger partial charge on any atom is -0.481 e. The molecule has 3 rings (SSSR count). The third-order valence-electron chi connectivity index (χ3n) is 3.44. The van der Waals surface area contributed by atoms with Crippen molar-refractivity contribution in [3.05, 3.63) is 63.9 Å². The summed E-state index contributed by atoms with van der Waals surface area (Å²) in [7, 11) is 1.62. The minimum absolute atomic E-state index is 0.628. The van der Waals surface area contributed by atoms with Gasteiger partial charge in [0.05, 0.1) is 13.7 Å². The highest BCUT2D eigenvalue weighted by Crippen LogP contribution is 2.25. The summed E-state index contributed by atoms with van der Waals surface area (Å²) >= 11 is 3.53. The third-order valence-corrected chi connectivity index (χ3v) is 3.94. The Morgan fingerprint density at radius 2 is 2.23 bits per heavy atom. The van der Waals surface area contributed by atoms with E-state index >= 15 is 0 Å². The molecule has 5 heteroatoms. The molecule has 0 unspecified atom stereocenters. The topological polar surface area (TPSA) is 46.5 Å². The molecule has 1 aliphatic heterocycles. The van der Waals surface area contributed by atoms with E-state index in [0.717, 1.165) is 22.1 Å². The number of pyridine rings is 1. The molecular weight excluding hydrogens is 342 g/mol. The SMILES string of the molecule is COc1cc(CNC=C2CN=Cc3ccc(Br)cc32)ccn1. The molecule has 0 atom stereocenters. The highest BCUT2D eigenvalue weighted by atomic mass is 79.9. The van der Waals surface area contributed by atoms with E-state index < -0.39 is 0 Å². The first kappa shape index (κ1) is 14.8. The Morgan fingerprint density at radius 1 is 1.32 bits per heavy atom. The van der Waals surface area contributed by atoms with Crippen molar-refractivity contribution in [2.24, 2.45) is 4.99 Å². The van der Waals surface area contributed by atoms with Crippen LogP contribution >= 0.6 is 15.9 Å². The summed E-state index contributed by atoms with van der Waals surface area (Å²) in [6.45, 7) is 1.41. The molecule has 0 saturated heterocycles. The van der Waals surface area contributed by atoms with Gasteiger partial charge in [-0.2, -0.15) is 0 Å². The van der Waals surface area contributed by atoms with Crippen LogP contribution in [0.2, 0.25) is 0 Å². The molecule has 1 N–H and O–H groups in total. The lowest BCUT2D eigenvalue weighted by molar-refractivity contribution is 0.397. The number of aliphatic imine (C=N–C) groups is 1. The molecule has 2 aromatic rings. The van der Waals surface area contributed by atoms with Crippen molar-refractivity contribution in [3.63, 3.8) is 0 Å². The summed E-state index contributed by atoms with van der Waals surface area (Å²) < 4.78 is 6.21. The zero-order valence-electron chi connectivity index (χ0n) is 12.2. The van der Waals surface area contributed by atoms with Gasteiger partial charge in [-0.15, -0.1) is 0 Å². The lowest BCUT2D eigenvalue weighted by atomic mass is 9.99. The number of methoxy groups -OCH3 is 1. The largest absolute Gasteiger partial charge is 0.481 e. The van der Waals surface area contributed by atoms with Crippen LogP contribution in [0.5, 0.6) is 5.88 Å². The van der Waals surface area contributed by atoms with E-state index in [1.54, 1.807) is 13.3 Å². The van der Waals surface area contributed by atoms with Crippen LogP contribution in [0.4, 0.5) is 0 Å². The molecule has 0 amide bonds. The monoisotopic (exact) mass is 357 g/mol. The van der Waals surface area contributed by atoms with E-state index in [-0.39, 0.29) is 0 Å². The molecule has 0 saturated carbocycles. The molecule has 1 aromatic carbocycles. The van der Waals surface area contributed by atoms with Crippen LogP contribution in [0.25, 0.3) is 5.57 Å². The molecule has 1 aromatic heterocycles. The first-order valence-electron chi connectivity index (χ1n) is 6.97. The Labute approximate surface area is 138 Å². The normalized spacial score (nSPS) is 14.7. The highest BCUT2D eigenvalue weighted by Gasteiger charge is 2.10. The summed E-state index contributed by atoms with van der Waals surface area (Å²) in [5.41, 5.74) is 4.66. The number of nitrogens with one attached hydrogen (secondary N) is 1. The number of aromatic nitrogens is 1. The first-order chi connectivity index (χ1) is 10.8. The molecule has 0 fully saturated rings. The second-order valence-electron chi connectivity index (χ2n) is 4.96. The highest BCUT2D eigenvalue weighted by molar-refractivity contribution is 9.10. The fourth-order valence-corrected chi connectivity index (χ4v) is 2.70. The average molecular weight is 358 g/mol. The quantitative estimate of drug-likeness (QED) is 0.911. The number of benzene rings is 1. The molecular formula is C17H16BrN3O. The predicted molar refractivity (Wildman–Crippen MR) is 92.2 cm³/mol. The van der Waals surface area contributed by atoms with Gasteiger partial charge in [0.2, 0.25) is 5.88 Å². The number of hydrogen-bond donors (Lipinski definition) is 1. The maximum absolute atomic E-state index is 5.13. The Morgan fingerprint density at radius 3 is 3.09 bits per heavy atom. The fraction of sp³-hybridized carbons (Fsp3) is 0.176. The average Bonchev–Trinajstić information content (AvgIpc) is 2.55. The van der Waals surface area contributed by atoms with Crippen molar-refractivity contribution < 1.29 is 4.74 Å². The second-order valence-corrected chi connectivity index (χ2v) is 5.87. The van der Waals surface area contributed by atoms with Crippen LogP contribution in [0.15, 0.2) is 52.2 Å². The Balaban J connectivity index is 1.74. The van der Waals surface area contributed by atoms with Crippen LogP contribution in [0.1, 0.15) is 16.7 Å². The van der Waals surface area contributed by atoms with Gasteiger partial charge in [0.15, 0.2) is 0 Å². The first-order valence-corrected chi connectivity index (χ1v) is 7.76. The minimum atomic E-state index is 0.628. The van der Waals surface area contributed by atoms with E-state index in [2.05, 4.69) is 43.4 Å². The van der Waals surface area contributed by atoms with Gasteiger partial charge in [-0.25, -0.2) is 4.98 Å². The van der Waals surface area contributed by atoms with E-state index in [4.69, 9.17) is 4.74 Å². The molecule has 0 aliphatic carbocycles. The molecule has 1 aliphatic rings. The van der Waals surface area contributed by atoms with Crippen molar-refractivity contribution in [1.29, 1.82) is 0 Å². The molecule has 0 bridgehead atoms. The van der Waals surface area contributed by atoms with E-state index in [1.165, 1.54) is 11.1 Å². The fourth-order valence-electron chi connectivity index (χ4n) is 2.33. The number of ether oxygens (including phenoxy) is 1. The summed E-state index contributed by atoms with van der Waals surface area (Å²) in [6, 6.07) is 10.1. The Kier molecular flexibility index (Phi) is 4.53. The third kappa shape index (κ3) is 3.36. The van der Waals surface area contributed by atoms with Gasteiger partial charge in [0, 0.05) is 35.7 Å². The van der Waals surface area contributed by atoms with Crippen LogP contribution in [0.3, 0.4) is 0 Å². The van der Waals surface area contributed by atoms with Gasteiger partial charge in [0.25, 0.3) is 0 Å². The van der Waals surface area contributed by atoms with E-state index in [0.29, 0.717) is 12.4 Å². The standard InChI is InChI=1S/C17H16BrN3O/c1-22-17-6-12(4-5-21-17)8-19-10-14-11-20-9-13-2-3-15(18)7-16(13)14/h2-7,9-10,19H,8,11H2,1H3. The summed E-state index contributed by atoms with van der Waals surface area (Å²) in [5, 5.41) is 3.35. The van der Waals surface area contributed by atoms with Gasteiger partial charge in [0.1, 0.15) is 0 Å². The van der Waals surface area contributed by atoms with Crippen molar-refractivity contribution >= 4 is 27.7 Å². The molecule has 4 nitrogen and oxygen atoms in total. The predicted octanol–water partition coefficient (Wildman–Crippen LogP) is 3.42. The van der Waals surface area contributed by atoms with E-state index in [9.17, 15) is 0 Å². The molecule has 112 valence electrons. The lowest BCUT2D eigenvalue weighted by Gasteiger charge is -2.14. The Hall–Kier alpha value is -2.14. The molecule has 2 heterocycles. The molecule has 0 radical (unpaired) electrons. The lowest BCUT2D eigenvalue weighted by Crippen LogP contribution is -2.10. The van der Waals surface area contributed by atoms with Gasteiger partial charge in [-0.1, -0.05) is 22.0 Å². The summed E-state index contributed by atoms with van der Waals surface area (Å²) in [5.74, 6) is 0.628.